The zero-order chi connectivity index (χ0) is 15.7. The highest BCUT2D eigenvalue weighted by molar-refractivity contribution is 7.11. The van der Waals surface area contributed by atoms with Gasteiger partial charge in [-0.3, -0.25) is 4.79 Å². The maximum atomic E-state index is 12.5. The van der Waals surface area contributed by atoms with Gasteiger partial charge in [0.15, 0.2) is 0 Å². The van der Waals surface area contributed by atoms with E-state index in [0.29, 0.717) is 0 Å². The summed E-state index contributed by atoms with van der Waals surface area (Å²) in [6, 6.07) is 6.42. The second-order valence-electron chi connectivity index (χ2n) is 5.77. The molecule has 1 amide bonds. The molecule has 1 aromatic carbocycles. The van der Waals surface area contributed by atoms with Crippen LogP contribution in [0.25, 0.3) is 0 Å². The zero-order valence-corrected chi connectivity index (χ0v) is 14.1. The van der Waals surface area contributed by atoms with E-state index in [2.05, 4.69) is 41.9 Å². The van der Waals surface area contributed by atoms with Crippen LogP contribution in [0.4, 0.5) is 5.69 Å². The van der Waals surface area contributed by atoms with Crippen molar-refractivity contribution in [3.63, 3.8) is 0 Å². The molecule has 2 aromatic rings. The van der Waals surface area contributed by atoms with Crippen LogP contribution < -0.4 is 4.90 Å². The number of aryl methyl sites for hydroxylation is 2. The number of carbonyl (C=O) groups is 1. The highest BCUT2D eigenvalue weighted by Gasteiger charge is 2.25. The first kappa shape index (κ1) is 15.0. The van der Waals surface area contributed by atoms with Gasteiger partial charge in [0.25, 0.3) is 5.91 Å². The maximum absolute atomic E-state index is 12.5. The van der Waals surface area contributed by atoms with Crippen molar-refractivity contribution in [2.45, 2.75) is 20.8 Å². The Bertz CT molecular complexity index is 687. The van der Waals surface area contributed by atoms with E-state index in [1.807, 2.05) is 11.8 Å². The van der Waals surface area contributed by atoms with Crippen molar-refractivity contribution < 1.29 is 4.79 Å². The molecule has 1 aromatic heterocycles. The summed E-state index contributed by atoms with van der Waals surface area (Å²) < 4.78 is 0. The number of hydrogen-bond donors (Lipinski definition) is 0. The molecule has 1 fully saturated rings. The third-order valence-corrected chi connectivity index (χ3v) is 5.34. The SMILES string of the molecule is Cc1cccc(N2CCN(C(=O)c3scnc3C)CC2)c1C. The average molecular weight is 315 g/mol. The third-order valence-electron chi connectivity index (χ3n) is 4.42. The number of thiazole rings is 1. The molecule has 5 heteroatoms. The fourth-order valence-corrected chi connectivity index (χ4v) is 3.65. The molecule has 0 bridgehead atoms. The fraction of sp³-hybridized carbons (Fsp3) is 0.412. The van der Waals surface area contributed by atoms with Gasteiger partial charge in [0, 0.05) is 31.9 Å². The summed E-state index contributed by atoms with van der Waals surface area (Å²) >= 11 is 1.44. The number of piperazine rings is 1. The zero-order valence-electron chi connectivity index (χ0n) is 13.3. The predicted octanol–water partition coefficient (Wildman–Crippen LogP) is 3.03. The molecular weight excluding hydrogens is 294 g/mol. The lowest BCUT2D eigenvalue weighted by Crippen LogP contribution is -2.49. The van der Waals surface area contributed by atoms with Gasteiger partial charge < -0.3 is 9.80 Å². The number of benzene rings is 1. The van der Waals surface area contributed by atoms with Gasteiger partial charge in [-0.15, -0.1) is 11.3 Å². The molecule has 0 unspecified atom stereocenters. The fourth-order valence-electron chi connectivity index (χ4n) is 2.88. The molecule has 0 radical (unpaired) electrons. The van der Waals surface area contributed by atoms with E-state index in [1.54, 1.807) is 5.51 Å². The van der Waals surface area contributed by atoms with E-state index < -0.39 is 0 Å². The van der Waals surface area contributed by atoms with Gasteiger partial charge in [0.1, 0.15) is 4.88 Å². The number of rotatable bonds is 2. The van der Waals surface area contributed by atoms with Gasteiger partial charge in [0.2, 0.25) is 0 Å². The van der Waals surface area contributed by atoms with E-state index >= 15 is 0 Å². The standard InChI is InChI=1S/C17H21N3OS/c1-12-5-4-6-15(13(12)2)19-7-9-20(10-8-19)17(21)16-14(3)18-11-22-16/h4-6,11H,7-10H2,1-3H3. The molecule has 0 N–H and O–H groups in total. The molecule has 22 heavy (non-hydrogen) atoms. The Morgan fingerprint density at radius 3 is 2.50 bits per heavy atom. The molecule has 0 atom stereocenters. The number of aromatic nitrogens is 1. The minimum absolute atomic E-state index is 0.126. The number of hydrogen-bond acceptors (Lipinski definition) is 4. The van der Waals surface area contributed by atoms with Crippen molar-refractivity contribution in [2.75, 3.05) is 31.1 Å². The van der Waals surface area contributed by atoms with Crippen molar-refractivity contribution in [3.8, 4) is 0 Å². The van der Waals surface area contributed by atoms with Gasteiger partial charge in [-0.1, -0.05) is 12.1 Å². The lowest BCUT2D eigenvalue weighted by Gasteiger charge is -2.37. The second-order valence-corrected chi connectivity index (χ2v) is 6.62. The van der Waals surface area contributed by atoms with E-state index in [1.165, 1.54) is 28.2 Å². The van der Waals surface area contributed by atoms with Gasteiger partial charge in [-0.25, -0.2) is 4.98 Å². The Hall–Kier alpha value is -1.88. The molecule has 2 heterocycles. The van der Waals surface area contributed by atoms with E-state index in [0.717, 1.165) is 36.8 Å². The quantitative estimate of drug-likeness (QED) is 0.855. The first-order chi connectivity index (χ1) is 10.6. The van der Waals surface area contributed by atoms with Crippen LogP contribution in [0.5, 0.6) is 0 Å². The number of carbonyl (C=O) groups excluding carboxylic acids is 1. The summed E-state index contributed by atoms with van der Waals surface area (Å²) in [5.74, 6) is 0.126. The molecule has 0 saturated carbocycles. The number of amides is 1. The van der Waals surface area contributed by atoms with Crippen molar-refractivity contribution in [1.82, 2.24) is 9.88 Å². The molecule has 1 aliphatic rings. The first-order valence-corrected chi connectivity index (χ1v) is 8.46. The Kier molecular flexibility index (Phi) is 4.16. The number of anilines is 1. The van der Waals surface area contributed by atoms with Gasteiger partial charge in [-0.05, 0) is 38.0 Å². The highest BCUT2D eigenvalue weighted by Crippen LogP contribution is 2.24. The maximum Gasteiger partial charge on any atom is 0.265 e. The molecular formula is C17H21N3OS. The van der Waals surface area contributed by atoms with Crippen LogP contribution in [0, 0.1) is 20.8 Å². The van der Waals surface area contributed by atoms with Gasteiger partial charge in [0.05, 0.1) is 11.2 Å². The van der Waals surface area contributed by atoms with Crippen molar-refractivity contribution >= 4 is 22.9 Å². The van der Waals surface area contributed by atoms with Crippen molar-refractivity contribution in [1.29, 1.82) is 0 Å². The third kappa shape index (κ3) is 2.73. The summed E-state index contributed by atoms with van der Waals surface area (Å²) in [5.41, 5.74) is 6.53. The van der Waals surface area contributed by atoms with Crippen LogP contribution in [0.15, 0.2) is 23.7 Å². The van der Waals surface area contributed by atoms with Gasteiger partial charge >= 0.3 is 0 Å². The Balaban J connectivity index is 1.69. The van der Waals surface area contributed by atoms with Crippen molar-refractivity contribution in [2.24, 2.45) is 0 Å². The topological polar surface area (TPSA) is 36.4 Å². The van der Waals surface area contributed by atoms with Crippen LogP contribution in [0.1, 0.15) is 26.5 Å². The molecule has 116 valence electrons. The van der Waals surface area contributed by atoms with Crippen LogP contribution in [0.2, 0.25) is 0 Å². The Morgan fingerprint density at radius 2 is 1.86 bits per heavy atom. The molecule has 0 aliphatic carbocycles. The van der Waals surface area contributed by atoms with Crippen LogP contribution in [0.3, 0.4) is 0 Å². The van der Waals surface area contributed by atoms with E-state index in [4.69, 9.17) is 0 Å². The highest BCUT2D eigenvalue weighted by atomic mass is 32.1. The molecule has 1 saturated heterocycles. The summed E-state index contributed by atoms with van der Waals surface area (Å²) in [7, 11) is 0. The predicted molar refractivity (Wildman–Crippen MR) is 90.9 cm³/mol. The van der Waals surface area contributed by atoms with E-state index in [9.17, 15) is 4.79 Å². The van der Waals surface area contributed by atoms with E-state index in [-0.39, 0.29) is 5.91 Å². The van der Waals surface area contributed by atoms with Crippen molar-refractivity contribution in [3.05, 3.63) is 45.4 Å². The smallest absolute Gasteiger partial charge is 0.265 e. The van der Waals surface area contributed by atoms with Crippen LogP contribution >= 0.6 is 11.3 Å². The first-order valence-electron chi connectivity index (χ1n) is 7.58. The largest absolute Gasteiger partial charge is 0.368 e. The average Bonchev–Trinajstić information content (AvgIpc) is 2.96. The summed E-state index contributed by atoms with van der Waals surface area (Å²) in [6.07, 6.45) is 0. The molecule has 4 nitrogen and oxygen atoms in total. The Morgan fingerprint density at radius 1 is 1.14 bits per heavy atom. The Labute approximate surface area is 135 Å². The van der Waals surface area contributed by atoms with Crippen LogP contribution in [-0.2, 0) is 0 Å². The van der Waals surface area contributed by atoms with Crippen LogP contribution in [-0.4, -0.2) is 42.0 Å². The molecule has 1 aliphatic heterocycles. The summed E-state index contributed by atoms with van der Waals surface area (Å²) in [5, 5.41) is 0. The second kappa shape index (κ2) is 6.08. The molecule has 0 spiro atoms. The summed E-state index contributed by atoms with van der Waals surface area (Å²) in [4.78, 5) is 21.8. The normalized spacial score (nSPS) is 15.2. The number of nitrogens with zero attached hydrogens (tertiary/aromatic N) is 3. The monoisotopic (exact) mass is 315 g/mol. The molecule has 3 rings (SSSR count). The minimum Gasteiger partial charge on any atom is -0.368 e. The lowest BCUT2D eigenvalue weighted by molar-refractivity contribution is 0.0750. The minimum atomic E-state index is 0.126. The van der Waals surface area contributed by atoms with Gasteiger partial charge in [-0.2, -0.15) is 0 Å². The summed E-state index contributed by atoms with van der Waals surface area (Å²) in [6.45, 7) is 9.51. The lowest BCUT2D eigenvalue weighted by atomic mass is 10.1.